The summed E-state index contributed by atoms with van der Waals surface area (Å²) in [5, 5.41) is 13.4. The maximum Gasteiger partial charge on any atom is 0.248 e. The van der Waals surface area contributed by atoms with Gasteiger partial charge >= 0.3 is 0 Å². The molecule has 1 aliphatic rings. The number of hydrogen-bond donors (Lipinski definition) is 2. The monoisotopic (exact) mass is 285 g/mol. The molecule has 0 saturated carbocycles. The lowest BCUT2D eigenvalue weighted by Crippen LogP contribution is -2.15. The molecule has 1 aromatic heterocycles. The van der Waals surface area contributed by atoms with E-state index in [1.54, 1.807) is 12.1 Å². The number of nitrogens with two attached hydrogens (primary N) is 1. The van der Waals surface area contributed by atoms with Gasteiger partial charge in [0.1, 0.15) is 10.9 Å². The Balaban J connectivity index is 0.000000178. The third-order valence-corrected chi connectivity index (χ3v) is 3.73. The average Bonchev–Trinajstić information content (AvgIpc) is 3.01. The van der Waals surface area contributed by atoms with Crippen LogP contribution >= 0.6 is 11.3 Å². The highest BCUT2D eigenvalue weighted by Gasteiger charge is 2.10. The zero-order valence-electron chi connectivity index (χ0n) is 10.9. The Morgan fingerprint density at radius 1 is 1.40 bits per heavy atom. The van der Waals surface area contributed by atoms with Crippen LogP contribution in [-0.4, -0.2) is 12.5 Å². The number of anilines is 1. The van der Waals surface area contributed by atoms with E-state index >= 15 is 0 Å². The summed E-state index contributed by atoms with van der Waals surface area (Å²) >= 11 is 1.46. The van der Waals surface area contributed by atoms with Crippen LogP contribution in [0, 0.1) is 11.3 Å². The quantitative estimate of drug-likeness (QED) is 0.845. The molecule has 0 saturated heterocycles. The Morgan fingerprint density at radius 2 is 2.25 bits per heavy atom. The number of nitrogens with zero attached hydrogens (tertiary/aromatic N) is 1. The number of aryl methyl sites for hydroxylation is 1. The van der Waals surface area contributed by atoms with E-state index in [0.29, 0.717) is 5.56 Å². The van der Waals surface area contributed by atoms with Crippen molar-refractivity contribution in [1.82, 2.24) is 0 Å². The number of rotatable bonds is 1. The molecule has 0 unspecified atom stereocenters. The van der Waals surface area contributed by atoms with Crippen LogP contribution in [0.1, 0.15) is 27.2 Å². The third-order valence-electron chi connectivity index (χ3n) is 2.96. The first-order chi connectivity index (χ1) is 9.70. The van der Waals surface area contributed by atoms with E-state index < -0.39 is 0 Å². The lowest BCUT2D eigenvalue weighted by molar-refractivity contribution is 0.1000. The Morgan fingerprint density at radius 3 is 2.85 bits per heavy atom. The van der Waals surface area contributed by atoms with Crippen LogP contribution in [0.5, 0.6) is 0 Å². The first-order valence-corrected chi connectivity index (χ1v) is 7.19. The molecule has 0 radical (unpaired) electrons. The van der Waals surface area contributed by atoms with E-state index in [1.165, 1.54) is 16.9 Å². The van der Waals surface area contributed by atoms with E-state index in [4.69, 9.17) is 11.0 Å². The van der Waals surface area contributed by atoms with Crippen LogP contribution in [0.15, 0.2) is 35.7 Å². The first-order valence-electron chi connectivity index (χ1n) is 6.31. The number of fused-ring (bicyclic) bond motifs is 1. The summed E-state index contributed by atoms with van der Waals surface area (Å²) in [5.74, 6) is -0.353. The van der Waals surface area contributed by atoms with Gasteiger partial charge in [0, 0.05) is 17.8 Å². The van der Waals surface area contributed by atoms with Gasteiger partial charge in [-0.15, -0.1) is 11.3 Å². The molecule has 1 amide bonds. The number of nitrogens with one attached hydrogen (secondary N) is 1. The summed E-state index contributed by atoms with van der Waals surface area (Å²) in [6.45, 7) is 1.02. The zero-order valence-corrected chi connectivity index (χ0v) is 11.7. The van der Waals surface area contributed by atoms with E-state index in [-0.39, 0.29) is 5.91 Å². The number of hydrogen-bond acceptors (Lipinski definition) is 4. The smallest absolute Gasteiger partial charge is 0.248 e. The Kier molecular flexibility index (Phi) is 4.75. The fraction of sp³-hybridized carbons (Fsp3) is 0.200. The van der Waals surface area contributed by atoms with Crippen LogP contribution in [0.2, 0.25) is 0 Å². The third kappa shape index (κ3) is 3.59. The maximum absolute atomic E-state index is 10.9. The van der Waals surface area contributed by atoms with Gasteiger partial charge < -0.3 is 11.1 Å². The fourth-order valence-electron chi connectivity index (χ4n) is 1.97. The molecule has 3 rings (SSSR count). The molecule has 1 aromatic carbocycles. The fourth-order valence-corrected chi connectivity index (χ4v) is 2.48. The highest BCUT2D eigenvalue weighted by atomic mass is 32.1. The van der Waals surface area contributed by atoms with Gasteiger partial charge in [-0.3, -0.25) is 4.79 Å². The first kappa shape index (κ1) is 14.1. The van der Waals surface area contributed by atoms with Gasteiger partial charge in [0.05, 0.1) is 0 Å². The van der Waals surface area contributed by atoms with E-state index in [2.05, 4.69) is 5.32 Å². The van der Waals surface area contributed by atoms with Gasteiger partial charge in [0.2, 0.25) is 5.91 Å². The van der Waals surface area contributed by atoms with Gasteiger partial charge in [-0.25, -0.2) is 0 Å². The maximum atomic E-state index is 10.9. The minimum Gasteiger partial charge on any atom is -0.385 e. The predicted octanol–water partition coefficient (Wildman–Crippen LogP) is 2.76. The van der Waals surface area contributed by atoms with Crippen molar-refractivity contribution in [1.29, 1.82) is 5.26 Å². The number of amides is 1. The summed E-state index contributed by atoms with van der Waals surface area (Å²) in [7, 11) is 0. The molecule has 0 spiro atoms. The van der Waals surface area contributed by atoms with Gasteiger partial charge in [0.15, 0.2) is 0 Å². The average molecular weight is 285 g/mol. The molecule has 20 heavy (non-hydrogen) atoms. The van der Waals surface area contributed by atoms with Gasteiger partial charge in [-0.1, -0.05) is 6.07 Å². The molecule has 2 heterocycles. The van der Waals surface area contributed by atoms with Crippen LogP contribution in [0.3, 0.4) is 0 Å². The van der Waals surface area contributed by atoms with E-state index in [9.17, 15) is 4.79 Å². The molecule has 2 aromatic rings. The van der Waals surface area contributed by atoms with Crippen LogP contribution in [0.4, 0.5) is 5.69 Å². The number of nitriles is 1. The number of benzene rings is 1. The van der Waals surface area contributed by atoms with Crippen molar-refractivity contribution in [3.05, 3.63) is 51.7 Å². The Bertz CT molecular complexity index is 629. The number of thiophene rings is 1. The number of carbonyl (C=O) groups is 1. The Labute approximate surface area is 121 Å². The lowest BCUT2D eigenvalue weighted by Gasteiger charge is -2.17. The highest BCUT2D eigenvalue weighted by Crippen LogP contribution is 2.22. The van der Waals surface area contributed by atoms with Crippen LogP contribution < -0.4 is 11.1 Å². The Hall–Kier alpha value is -2.32. The summed E-state index contributed by atoms with van der Waals surface area (Å²) in [4.78, 5) is 11.7. The lowest BCUT2D eigenvalue weighted by atomic mass is 10.0. The molecular weight excluding hydrogens is 270 g/mol. The molecule has 0 aliphatic carbocycles. The van der Waals surface area contributed by atoms with Crippen molar-refractivity contribution in [2.45, 2.75) is 12.8 Å². The molecule has 3 N–H and O–H groups in total. The standard InChI is InChI=1S/C10H12N2O.C5H3NS/c11-10(13)8-3-4-9-7(6-8)2-1-5-12-9;6-4-5-2-1-3-7-5/h3-4,6,12H,1-2,5H2,(H2,11,13);1-3H. The second-order valence-electron chi connectivity index (χ2n) is 4.36. The van der Waals surface area contributed by atoms with Crippen molar-refractivity contribution in [2.24, 2.45) is 5.73 Å². The van der Waals surface area contributed by atoms with Gasteiger partial charge in [0.25, 0.3) is 0 Å². The topological polar surface area (TPSA) is 78.9 Å². The molecule has 0 atom stereocenters. The number of primary amides is 1. The van der Waals surface area contributed by atoms with Crippen LogP contribution in [0.25, 0.3) is 0 Å². The summed E-state index contributed by atoms with van der Waals surface area (Å²) in [6, 6.07) is 11.3. The number of carbonyl (C=O) groups excluding carboxylic acids is 1. The normalized spacial score (nSPS) is 12.2. The molecule has 102 valence electrons. The van der Waals surface area contributed by atoms with E-state index in [0.717, 1.165) is 30.0 Å². The molecule has 5 heteroatoms. The SMILES string of the molecule is N#Cc1cccs1.NC(=O)c1ccc2c(c1)CCCN2. The summed E-state index contributed by atoms with van der Waals surface area (Å²) in [6.07, 6.45) is 2.15. The minimum atomic E-state index is -0.353. The van der Waals surface area contributed by atoms with Crippen molar-refractivity contribution in [2.75, 3.05) is 11.9 Å². The summed E-state index contributed by atoms with van der Waals surface area (Å²) in [5.41, 5.74) is 8.12. The van der Waals surface area contributed by atoms with Crippen molar-refractivity contribution < 1.29 is 4.79 Å². The van der Waals surface area contributed by atoms with E-state index in [1.807, 2.05) is 29.6 Å². The molecular formula is C15H15N3OS. The van der Waals surface area contributed by atoms with Gasteiger partial charge in [-0.2, -0.15) is 5.26 Å². The van der Waals surface area contributed by atoms with Crippen molar-refractivity contribution >= 4 is 22.9 Å². The molecule has 1 aliphatic heterocycles. The highest BCUT2D eigenvalue weighted by molar-refractivity contribution is 7.10. The summed E-state index contributed by atoms with van der Waals surface area (Å²) < 4.78 is 0. The minimum absolute atomic E-state index is 0.353. The molecule has 0 bridgehead atoms. The van der Waals surface area contributed by atoms with Crippen molar-refractivity contribution in [3.63, 3.8) is 0 Å². The van der Waals surface area contributed by atoms with Crippen molar-refractivity contribution in [3.8, 4) is 6.07 Å². The second kappa shape index (κ2) is 6.73. The van der Waals surface area contributed by atoms with Crippen LogP contribution in [-0.2, 0) is 6.42 Å². The predicted molar refractivity (Wildman–Crippen MR) is 80.8 cm³/mol. The molecule has 0 fully saturated rings. The van der Waals surface area contributed by atoms with Gasteiger partial charge in [-0.05, 0) is 48.1 Å². The molecule has 4 nitrogen and oxygen atoms in total. The zero-order chi connectivity index (χ0) is 14.4. The largest absolute Gasteiger partial charge is 0.385 e. The second-order valence-corrected chi connectivity index (χ2v) is 5.30.